The number of amides is 1. The molecular formula is C16H18ClN3O3. The zero-order valence-corrected chi connectivity index (χ0v) is 13.8. The maximum absolute atomic E-state index is 12.6. The largest absolute Gasteiger partial charge is 0.366 e. The second-order valence-electron chi connectivity index (χ2n) is 5.74. The number of morpholine rings is 1. The molecule has 122 valence electrons. The van der Waals surface area contributed by atoms with Gasteiger partial charge in [-0.05, 0) is 12.1 Å². The number of aromatic nitrogens is 2. The standard InChI is InChI=1S/C16H18ClN3O3/c1-10(2)15-18-14(19-23-15)13-9-20(7-8-22-13)16(21)11-5-3-4-6-12(11)17/h3-6,10,13H,7-9H2,1-2H3. The van der Waals surface area contributed by atoms with Crippen molar-refractivity contribution in [2.45, 2.75) is 25.9 Å². The van der Waals surface area contributed by atoms with Gasteiger partial charge in [-0.15, -0.1) is 0 Å². The first kappa shape index (κ1) is 16.0. The lowest BCUT2D eigenvalue weighted by molar-refractivity contribution is -0.0276. The van der Waals surface area contributed by atoms with E-state index in [9.17, 15) is 4.79 Å². The fraction of sp³-hybridized carbons (Fsp3) is 0.438. The van der Waals surface area contributed by atoms with Gasteiger partial charge in [-0.3, -0.25) is 4.79 Å². The van der Waals surface area contributed by atoms with E-state index in [-0.39, 0.29) is 17.9 Å². The number of ether oxygens (including phenoxy) is 1. The van der Waals surface area contributed by atoms with E-state index < -0.39 is 0 Å². The fourth-order valence-electron chi connectivity index (χ4n) is 2.41. The molecule has 1 unspecified atom stereocenters. The summed E-state index contributed by atoms with van der Waals surface area (Å²) in [5.74, 6) is 1.08. The Balaban J connectivity index is 1.75. The van der Waals surface area contributed by atoms with E-state index in [2.05, 4.69) is 10.1 Å². The Bertz CT molecular complexity index is 701. The van der Waals surface area contributed by atoms with Gasteiger partial charge in [-0.2, -0.15) is 4.98 Å². The minimum absolute atomic E-state index is 0.114. The van der Waals surface area contributed by atoms with E-state index in [1.165, 1.54) is 0 Å². The van der Waals surface area contributed by atoms with Gasteiger partial charge in [0.2, 0.25) is 11.7 Å². The van der Waals surface area contributed by atoms with Crippen molar-refractivity contribution in [2.24, 2.45) is 0 Å². The van der Waals surface area contributed by atoms with Gasteiger partial charge in [0.25, 0.3) is 5.91 Å². The van der Waals surface area contributed by atoms with Crippen LogP contribution in [0.3, 0.4) is 0 Å². The Hall–Kier alpha value is -1.92. The lowest BCUT2D eigenvalue weighted by Gasteiger charge is -2.31. The van der Waals surface area contributed by atoms with Crippen molar-refractivity contribution in [3.8, 4) is 0 Å². The quantitative estimate of drug-likeness (QED) is 0.862. The van der Waals surface area contributed by atoms with Gasteiger partial charge >= 0.3 is 0 Å². The number of rotatable bonds is 3. The lowest BCUT2D eigenvalue weighted by Crippen LogP contribution is -2.42. The van der Waals surface area contributed by atoms with Gasteiger partial charge < -0.3 is 14.2 Å². The number of nitrogens with zero attached hydrogens (tertiary/aromatic N) is 3. The first-order chi connectivity index (χ1) is 11.1. The molecule has 0 spiro atoms. The molecule has 7 heteroatoms. The summed E-state index contributed by atoms with van der Waals surface area (Å²) in [4.78, 5) is 18.7. The first-order valence-electron chi connectivity index (χ1n) is 7.55. The van der Waals surface area contributed by atoms with E-state index in [0.29, 0.717) is 42.0 Å². The molecule has 0 bridgehead atoms. The van der Waals surface area contributed by atoms with E-state index in [4.69, 9.17) is 20.9 Å². The smallest absolute Gasteiger partial charge is 0.255 e. The molecule has 1 saturated heterocycles. The Morgan fingerprint density at radius 3 is 2.87 bits per heavy atom. The highest BCUT2D eigenvalue weighted by Crippen LogP contribution is 2.24. The highest BCUT2D eigenvalue weighted by molar-refractivity contribution is 6.33. The number of carbonyl (C=O) groups excluding carboxylic acids is 1. The van der Waals surface area contributed by atoms with Crippen LogP contribution in [-0.2, 0) is 4.74 Å². The summed E-state index contributed by atoms with van der Waals surface area (Å²) < 4.78 is 10.9. The predicted octanol–water partition coefficient (Wildman–Crippen LogP) is 3.06. The second-order valence-corrected chi connectivity index (χ2v) is 6.14. The third-order valence-electron chi connectivity index (χ3n) is 3.70. The van der Waals surface area contributed by atoms with Gasteiger partial charge in [0, 0.05) is 12.5 Å². The molecule has 1 aliphatic heterocycles. The number of hydrogen-bond acceptors (Lipinski definition) is 5. The number of carbonyl (C=O) groups is 1. The van der Waals surface area contributed by atoms with Crippen LogP contribution >= 0.6 is 11.6 Å². The lowest BCUT2D eigenvalue weighted by atomic mass is 10.1. The molecule has 1 aromatic carbocycles. The van der Waals surface area contributed by atoms with Crippen LogP contribution in [0.4, 0.5) is 0 Å². The van der Waals surface area contributed by atoms with Crippen LogP contribution in [0.2, 0.25) is 5.02 Å². The summed E-state index contributed by atoms with van der Waals surface area (Å²) in [6, 6.07) is 7.03. The van der Waals surface area contributed by atoms with Gasteiger partial charge in [-0.1, -0.05) is 42.7 Å². The maximum atomic E-state index is 12.6. The molecule has 0 aliphatic carbocycles. The summed E-state index contributed by atoms with van der Waals surface area (Å²) in [6.45, 7) is 5.27. The molecule has 2 heterocycles. The van der Waals surface area contributed by atoms with Crippen LogP contribution in [-0.4, -0.2) is 40.6 Å². The summed E-state index contributed by atoms with van der Waals surface area (Å²) in [6.07, 6.45) is -0.383. The highest BCUT2D eigenvalue weighted by atomic mass is 35.5. The Morgan fingerprint density at radius 1 is 1.39 bits per heavy atom. The molecule has 1 aliphatic rings. The van der Waals surface area contributed by atoms with Crippen LogP contribution in [0.1, 0.15) is 47.9 Å². The fourth-order valence-corrected chi connectivity index (χ4v) is 2.62. The molecule has 6 nitrogen and oxygen atoms in total. The molecule has 1 amide bonds. The molecular weight excluding hydrogens is 318 g/mol. The number of benzene rings is 1. The Kier molecular flexibility index (Phi) is 4.63. The normalized spacial score (nSPS) is 18.4. The highest BCUT2D eigenvalue weighted by Gasteiger charge is 2.30. The number of hydrogen-bond donors (Lipinski definition) is 0. The van der Waals surface area contributed by atoms with Crippen LogP contribution in [0, 0.1) is 0 Å². The van der Waals surface area contributed by atoms with Crippen molar-refractivity contribution in [1.82, 2.24) is 15.0 Å². The molecule has 0 N–H and O–H groups in total. The molecule has 0 radical (unpaired) electrons. The van der Waals surface area contributed by atoms with E-state index in [1.807, 2.05) is 13.8 Å². The van der Waals surface area contributed by atoms with Gasteiger partial charge in [0.15, 0.2) is 0 Å². The molecule has 1 aromatic heterocycles. The third kappa shape index (κ3) is 3.38. The topological polar surface area (TPSA) is 68.5 Å². The average Bonchev–Trinajstić information content (AvgIpc) is 3.05. The van der Waals surface area contributed by atoms with E-state index >= 15 is 0 Å². The molecule has 1 fully saturated rings. The van der Waals surface area contributed by atoms with Crippen molar-refractivity contribution in [3.05, 3.63) is 46.6 Å². The number of halogens is 1. The predicted molar refractivity (Wildman–Crippen MR) is 84.4 cm³/mol. The maximum Gasteiger partial charge on any atom is 0.255 e. The van der Waals surface area contributed by atoms with Crippen molar-refractivity contribution < 1.29 is 14.1 Å². The molecule has 2 aromatic rings. The van der Waals surface area contributed by atoms with E-state index in [0.717, 1.165) is 0 Å². The SMILES string of the molecule is CC(C)c1nc(C2CN(C(=O)c3ccccc3Cl)CCO2)no1. The van der Waals surface area contributed by atoms with Crippen molar-refractivity contribution in [3.63, 3.8) is 0 Å². The summed E-state index contributed by atoms with van der Waals surface area (Å²) >= 11 is 6.11. The van der Waals surface area contributed by atoms with Crippen molar-refractivity contribution in [1.29, 1.82) is 0 Å². The zero-order valence-electron chi connectivity index (χ0n) is 13.0. The molecule has 23 heavy (non-hydrogen) atoms. The monoisotopic (exact) mass is 335 g/mol. The first-order valence-corrected chi connectivity index (χ1v) is 7.93. The summed E-state index contributed by atoms with van der Waals surface area (Å²) in [5.41, 5.74) is 0.491. The van der Waals surface area contributed by atoms with Gasteiger partial charge in [-0.25, -0.2) is 0 Å². The summed E-state index contributed by atoms with van der Waals surface area (Å²) in [7, 11) is 0. The minimum Gasteiger partial charge on any atom is -0.366 e. The third-order valence-corrected chi connectivity index (χ3v) is 4.03. The molecule has 1 atom stereocenters. The van der Waals surface area contributed by atoms with E-state index in [1.54, 1.807) is 29.2 Å². The second kappa shape index (κ2) is 6.68. The van der Waals surface area contributed by atoms with Gasteiger partial charge in [0.1, 0.15) is 6.10 Å². The van der Waals surface area contributed by atoms with Crippen molar-refractivity contribution >= 4 is 17.5 Å². The Labute approximate surface area is 139 Å². The molecule has 0 saturated carbocycles. The van der Waals surface area contributed by atoms with Crippen LogP contribution in [0.25, 0.3) is 0 Å². The summed E-state index contributed by atoms with van der Waals surface area (Å²) in [5, 5.41) is 4.42. The average molecular weight is 336 g/mol. The molecule has 3 rings (SSSR count). The van der Waals surface area contributed by atoms with Crippen LogP contribution in [0.5, 0.6) is 0 Å². The van der Waals surface area contributed by atoms with Gasteiger partial charge in [0.05, 0.1) is 23.7 Å². The zero-order chi connectivity index (χ0) is 16.4. The van der Waals surface area contributed by atoms with Crippen LogP contribution in [0.15, 0.2) is 28.8 Å². The minimum atomic E-state index is -0.383. The van der Waals surface area contributed by atoms with Crippen LogP contribution < -0.4 is 0 Å². The van der Waals surface area contributed by atoms with Crippen molar-refractivity contribution in [2.75, 3.05) is 19.7 Å². The Morgan fingerprint density at radius 2 is 2.17 bits per heavy atom.